The quantitative estimate of drug-likeness (QED) is 0.209. The van der Waals surface area contributed by atoms with E-state index in [4.69, 9.17) is 39.5 Å². The number of carbonyl (C=O) groups is 2. The van der Waals surface area contributed by atoms with Gasteiger partial charge in [-0.1, -0.05) is 59.1 Å². The number of aliphatic carboxylic acids is 1. The van der Waals surface area contributed by atoms with Crippen LogP contribution < -0.4 is 4.74 Å². The lowest BCUT2D eigenvalue weighted by Crippen LogP contribution is -2.48. The summed E-state index contributed by atoms with van der Waals surface area (Å²) in [5.74, 6) is -0.797. The van der Waals surface area contributed by atoms with Gasteiger partial charge in [0, 0.05) is 39.7 Å². The third-order valence-corrected chi connectivity index (χ3v) is 8.63. The van der Waals surface area contributed by atoms with Gasteiger partial charge in [0.2, 0.25) is 5.91 Å². The van der Waals surface area contributed by atoms with Crippen molar-refractivity contribution in [3.63, 3.8) is 0 Å². The van der Waals surface area contributed by atoms with Crippen molar-refractivity contribution in [3.8, 4) is 5.75 Å². The van der Waals surface area contributed by atoms with Gasteiger partial charge in [-0.15, -0.1) is 0 Å². The van der Waals surface area contributed by atoms with E-state index in [1.54, 1.807) is 36.4 Å². The Morgan fingerprint density at radius 3 is 2.53 bits per heavy atom. The average Bonchev–Trinajstić information content (AvgIpc) is 2.83. The van der Waals surface area contributed by atoms with Crippen LogP contribution in [0.15, 0.2) is 54.6 Å². The second-order valence-electron chi connectivity index (χ2n) is 8.04. The Balaban J connectivity index is 1.62. The SMILES string of the molecule is O=C(O)[C@@H]1Cc2cc(I)c(OCc3ccc(Cl)cc3Cl)c(I)c2CN1C(=O)/C=C/c1ccccc1Cl. The van der Waals surface area contributed by atoms with Crippen LogP contribution in [0.3, 0.4) is 0 Å². The smallest absolute Gasteiger partial charge is 0.326 e. The third-order valence-electron chi connectivity index (χ3n) is 5.75. The van der Waals surface area contributed by atoms with Crippen molar-refractivity contribution in [3.05, 3.63) is 99.1 Å². The molecule has 4 rings (SSSR count). The summed E-state index contributed by atoms with van der Waals surface area (Å²) in [6.45, 7) is 0.382. The Kier molecular flexibility index (Phi) is 9.09. The van der Waals surface area contributed by atoms with Gasteiger partial charge in [0.1, 0.15) is 18.4 Å². The molecule has 36 heavy (non-hydrogen) atoms. The molecule has 0 fully saturated rings. The van der Waals surface area contributed by atoms with Crippen molar-refractivity contribution in [2.24, 2.45) is 0 Å². The maximum Gasteiger partial charge on any atom is 0.326 e. The topological polar surface area (TPSA) is 66.8 Å². The molecular formula is C26H18Cl3I2NO4. The maximum atomic E-state index is 13.1. The first-order valence-corrected chi connectivity index (χ1v) is 14.0. The molecule has 0 aromatic heterocycles. The number of nitrogens with zero attached hydrogens (tertiary/aromatic N) is 1. The molecule has 1 amide bonds. The molecule has 0 unspecified atom stereocenters. The van der Waals surface area contributed by atoms with Crippen LogP contribution in [0.25, 0.3) is 6.08 Å². The van der Waals surface area contributed by atoms with Gasteiger partial charge >= 0.3 is 5.97 Å². The lowest BCUT2D eigenvalue weighted by Gasteiger charge is -2.35. The van der Waals surface area contributed by atoms with E-state index in [1.807, 2.05) is 18.2 Å². The van der Waals surface area contributed by atoms with Crippen molar-refractivity contribution in [1.82, 2.24) is 4.90 Å². The summed E-state index contributed by atoms with van der Waals surface area (Å²) in [7, 11) is 0. The Labute approximate surface area is 250 Å². The second kappa shape index (κ2) is 11.9. The lowest BCUT2D eigenvalue weighted by atomic mass is 9.93. The summed E-state index contributed by atoms with van der Waals surface area (Å²) in [5.41, 5.74) is 3.22. The molecule has 0 spiro atoms. The zero-order chi connectivity index (χ0) is 26.0. The summed E-state index contributed by atoms with van der Waals surface area (Å²) in [6, 6.07) is 13.3. The molecule has 1 atom stereocenters. The van der Waals surface area contributed by atoms with Crippen LogP contribution in [0.4, 0.5) is 0 Å². The molecule has 1 heterocycles. The fourth-order valence-electron chi connectivity index (χ4n) is 3.88. The lowest BCUT2D eigenvalue weighted by molar-refractivity contribution is -0.149. The van der Waals surface area contributed by atoms with Gasteiger partial charge in [0.25, 0.3) is 0 Å². The van der Waals surface area contributed by atoms with E-state index in [9.17, 15) is 14.7 Å². The molecule has 5 nitrogen and oxygen atoms in total. The molecule has 1 aliphatic rings. The predicted molar refractivity (Wildman–Crippen MR) is 159 cm³/mol. The number of amides is 1. The number of benzene rings is 3. The minimum atomic E-state index is -1.05. The zero-order valence-corrected chi connectivity index (χ0v) is 25.1. The standard InChI is InChI=1S/C26H18Cl3I2NO4/c27-17-7-5-15(20(29)11-17)13-36-25-21(30)9-16-10-22(26(34)35)32(12-18(16)24(25)31)23(33)8-6-14-3-1-2-4-19(14)28/h1-9,11,22H,10,12-13H2,(H,34,35)/b8-6+/t22-/m0/s1. The number of hydrogen-bond donors (Lipinski definition) is 1. The summed E-state index contributed by atoms with van der Waals surface area (Å²) >= 11 is 22.8. The number of rotatable bonds is 6. The minimum Gasteiger partial charge on any atom is -0.487 e. The number of carboxylic acids is 1. The highest BCUT2D eigenvalue weighted by molar-refractivity contribution is 14.1. The van der Waals surface area contributed by atoms with Crippen LogP contribution in [0.2, 0.25) is 15.1 Å². The molecule has 0 saturated carbocycles. The molecule has 1 N–H and O–H groups in total. The van der Waals surface area contributed by atoms with Crippen LogP contribution >= 0.6 is 80.0 Å². The van der Waals surface area contributed by atoms with Crippen LogP contribution in [0.5, 0.6) is 5.75 Å². The largest absolute Gasteiger partial charge is 0.487 e. The van der Waals surface area contributed by atoms with E-state index in [2.05, 4.69) is 45.2 Å². The minimum absolute atomic E-state index is 0.144. The van der Waals surface area contributed by atoms with E-state index < -0.39 is 17.9 Å². The normalized spacial score (nSPS) is 15.1. The highest BCUT2D eigenvalue weighted by Crippen LogP contribution is 2.38. The summed E-state index contributed by atoms with van der Waals surface area (Å²) in [4.78, 5) is 26.6. The predicted octanol–water partition coefficient (Wildman–Crippen LogP) is 7.49. The maximum absolute atomic E-state index is 13.1. The fourth-order valence-corrected chi connectivity index (χ4v) is 6.82. The molecule has 0 bridgehead atoms. The van der Waals surface area contributed by atoms with Gasteiger partial charge in [0.05, 0.1) is 7.14 Å². The van der Waals surface area contributed by atoms with Gasteiger partial charge in [-0.05, 0) is 92.2 Å². The summed E-state index contributed by atoms with van der Waals surface area (Å²) in [6.07, 6.45) is 3.16. The first-order chi connectivity index (χ1) is 17.2. The highest BCUT2D eigenvalue weighted by atomic mass is 127. The number of hydrogen-bond acceptors (Lipinski definition) is 3. The molecule has 10 heteroatoms. The first-order valence-electron chi connectivity index (χ1n) is 10.7. The molecule has 0 aliphatic carbocycles. The Hall–Kier alpha value is -1.53. The van der Waals surface area contributed by atoms with Gasteiger partial charge < -0.3 is 14.7 Å². The zero-order valence-electron chi connectivity index (χ0n) is 18.5. The number of ether oxygens (including phenoxy) is 1. The van der Waals surface area contributed by atoms with Gasteiger partial charge in [-0.25, -0.2) is 4.79 Å². The van der Waals surface area contributed by atoms with Crippen molar-refractivity contribution in [2.45, 2.75) is 25.6 Å². The fraction of sp³-hybridized carbons (Fsp3) is 0.154. The van der Waals surface area contributed by atoms with Crippen molar-refractivity contribution >= 4 is 97.9 Å². The Morgan fingerprint density at radius 1 is 1.08 bits per heavy atom. The monoisotopic (exact) mass is 767 g/mol. The van der Waals surface area contributed by atoms with E-state index in [0.717, 1.165) is 23.8 Å². The molecule has 3 aromatic carbocycles. The third kappa shape index (κ3) is 6.12. The average molecular weight is 769 g/mol. The molecule has 0 saturated heterocycles. The number of fused-ring (bicyclic) bond motifs is 1. The second-order valence-corrected chi connectivity index (χ2v) is 11.5. The molecule has 3 aromatic rings. The number of halogens is 5. The summed E-state index contributed by atoms with van der Waals surface area (Å²) < 4.78 is 7.82. The van der Waals surface area contributed by atoms with E-state index in [0.29, 0.717) is 26.4 Å². The Morgan fingerprint density at radius 2 is 1.83 bits per heavy atom. The van der Waals surface area contributed by atoms with Crippen molar-refractivity contribution < 1.29 is 19.4 Å². The first kappa shape index (κ1) is 27.5. The van der Waals surface area contributed by atoms with E-state index in [1.165, 1.54) is 11.0 Å². The molecule has 0 radical (unpaired) electrons. The van der Waals surface area contributed by atoms with E-state index >= 15 is 0 Å². The molecular weight excluding hydrogens is 750 g/mol. The molecule has 1 aliphatic heterocycles. The molecule has 186 valence electrons. The van der Waals surface area contributed by atoms with E-state index in [-0.39, 0.29) is 19.6 Å². The van der Waals surface area contributed by atoms with Crippen LogP contribution in [0.1, 0.15) is 22.3 Å². The van der Waals surface area contributed by atoms with Crippen molar-refractivity contribution in [1.29, 1.82) is 0 Å². The van der Waals surface area contributed by atoms with Gasteiger partial charge in [-0.3, -0.25) is 4.79 Å². The van der Waals surface area contributed by atoms with Gasteiger partial charge in [-0.2, -0.15) is 0 Å². The Bertz CT molecular complexity index is 1380. The van der Waals surface area contributed by atoms with Crippen LogP contribution in [-0.4, -0.2) is 27.9 Å². The number of carbonyl (C=O) groups excluding carboxylic acids is 1. The van der Waals surface area contributed by atoms with Crippen LogP contribution in [0, 0.1) is 7.14 Å². The van der Waals surface area contributed by atoms with Crippen LogP contribution in [-0.2, 0) is 29.2 Å². The summed E-state index contributed by atoms with van der Waals surface area (Å²) in [5, 5.41) is 11.4. The van der Waals surface area contributed by atoms with Gasteiger partial charge in [0.15, 0.2) is 0 Å². The number of carboxylic acid groups (broad SMARTS) is 1. The highest BCUT2D eigenvalue weighted by Gasteiger charge is 2.36. The van der Waals surface area contributed by atoms with Crippen molar-refractivity contribution in [2.75, 3.05) is 0 Å².